The van der Waals surface area contributed by atoms with Gasteiger partial charge < -0.3 is 26.2 Å². The van der Waals surface area contributed by atoms with Crippen LogP contribution in [-0.4, -0.2) is 59.8 Å². The monoisotopic (exact) mass is 301 g/mol. The lowest BCUT2D eigenvalue weighted by Crippen LogP contribution is -2.33. The summed E-state index contributed by atoms with van der Waals surface area (Å²) in [5.41, 5.74) is -1.36. The number of imidazole rings is 1. The van der Waals surface area contributed by atoms with E-state index in [2.05, 4.69) is 9.97 Å². The lowest BCUT2D eigenvalue weighted by molar-refractivity contribution is -0.0511. The van der Waals surface area contributed by atoms with E-state index in [0.717, 1.165) is 0 Å². The van der Waals surface area contributed by atoms with Crippen LogP contribution >= 0.6 is 0 Å². The molecule has 0 saturated carbocycles. The first-order valence-electron chi connectivity index (χ1n) is 5.84. The number of aliphatic hydroxyl groups is 3. The molecule has 3 rings (SSSR count). The first kappa shape index (κ1) is 15.3. The molecule has 1 aliphatic heterocycles. The third kappa shape index (κ3) is 2.26. The Balaban J connectivity index is 0.00000161. The van der Waals surface area contributed by atoms with Crippen LogP contribution in [0.3, 0.4) is 0 Å². The maximum absolute atomic E-state index is 11.6. The molecule has 116 valence electrons. The molecule has 1 aliphatic rings. The maximum Gasteiger partial charge on any atom is 0.327 e. The standard InChI is InChI=1S/C10H12N4O6.H3N/c15-1-3-5(16)6(17)9(20-3)14-2-11-4-7(14)12-10(19)13-8(4)18;/h2-3,5-6,9,15-17H,1H2,(H2,12,13,18,19);1H3/t3-,5-,6-,9-;/m1./s1. The second kappa shape index (κ2) is 5.38. The van der Waals surface area contributed by atoms with Gasteiger partial charge in [0, 0.05) is 0 Å². The molecule has 11 nitrogen and oxygen atoms in total. The van der Waals surface area contributed by atoms with Crippen molar-refractivity contribution in [3.05, 3.63) is 27.2 Å². The minimum absolute atomic E-state index is 0. The molecular weight excluding hydrogens is 286 g/mol. The Morgan fingerprint density at radius 3 is 2.62 bits per heavy atom. The summed E-state index contributed by atoms with van der Waals surface area (Å²) in [7, 11) is 0. The first-order chi connectivity index (χ1) is 9.52. The van der Waals surface area contributed by atoms with Gasteiger partial charge in [-0.15, -0.1) is 0 Å². The van der Waals surface area contributed by atoms with Gasteiger partial charge in [0.25, 0.3) is 5.56 Å². The Bertz CT molecular complexity index is 750. The number of aromatic amines is 2. The number of nitrogens with one attached hydrogen (secondary N) is 2. The van der Waals surface area contributed by atoms with Crippen LogP contribution in [0.15, 0.2) is 15.9 Å². The van der Waals surface area contributed by atoms with Crippen LogP contribution in [0.25, 0.3) is 11.2 Å². The molecule has 2 aromatic heterocycles. The Kier molecular flexibility index (Phi) is 3.93. The Morgan fingerprint density at radius 2 is 2.00 bits per heavy atom. The Morgan fingerprint density at radius 1 is 1.29 bits per heavy atom. The molecule has 4 atom stereocenters. The van der Waals surface area contributed by atoms with Gasteiger partial charge in [-0.3, -0.25) is 19.3 Å². The van der Waals surface area contributed by atoms with Gasteiger partial charge in [-0.05, 0) is 0 Å². The number of fused-ring (bicyclic) bond motifs is 1. The fourth-order valence-corrected chi connectivity index (χ4v) is 2.25. The summed E-state index contributed by atoms with van der Waals surface area (Å²) < 4.78 is 6.54. The average Bonchev–Trinajstić information content (AvgIpc) is 2.93. The van der Waals surface area contributed by atoms with Gasteiger partial charge in [-0.25, -0.2) is 9.78 Å². The van der Waals surface area contributed by atoms with E-state index in [9.17, 15) is 19.8 Å². The van der Waals surface area contributed by atoms with Gasteiger partial charge >= 0.3 is 5.69 Å². The van der Waals surface area contributed by atoms with Crippen LogP contribution in [-0.2, 0) is 4.74 Å². The van der Waals surface area contributed by atoms with E-state index >= 15 is 0 Å². The first-order valence-corrected chi connectivity index (χ1v) is 5.84. The highest BCUT2D eigenvalue weighted by Crippen LogP contribution is 2.30. The van der Waals surface area contributed by atoms with Crippen LogP contribution in [0.2, 0.25) is 0 Å². The van der Waals surface area contributed by atoms with Crippen molar-refractivity contribution in [2.45, 2.75) is 24.5 Å². The van der Waals surface area contributed by atoms with Crippen LogP contribution in [0, 0.1) is 0 Å². The zero-order chi connectivity index (χ0) is 14.4. The van der Waals surface area contributed by atoms with Crippen LogP contribution in [0.5, 0.6) is 0 Å². The van der Waals surface area contributed by atoms with Crippen LogP contribution in [0.1, 0.15) is 6.23 Å². The third-order valence-electron chi connectivity index (χ3n) is 3.26. The maximum atomic E-state index is 11.6. The summed E-state index contributed by atoms with van der Waals surface area (Å²) in [6, 6.07) is 0. The van der Waals surface area contributed by atoms with E-state index in [0.29, 0.717) is 0 Å². The summed E-state index contributed by atoms with van der Waals surface area (Å²) in [6.45, 7) is -0.474. The van der Waals surface area contributed by atoms with Crippen molar-refractivity contribution in [3.63, 3.8) is 0 Å². The van der Waals surface area contributed by atoms with E-state index < -0.39 is 42.4 Å². The van der Waals surface area contributed by atoms with Crippen LogP contribution in [0.4, 0.5) is 0 Å². The molecule has 0 amide bonds. The molecule has 0 aromatic carbocycles. The minimum Gasteiger partial charge on any atom is -0.394 e. The van der Waals surface area contributed by atoms with Crippen molar-refractivity contribution in [2.24, 2.45) is 0 Å². The van der Waals surface area contributed by atoms with Crippen LogP contribution < -0.4 is 17.4 Å². The lowest BCUT2D eigenvalue weighted by atomic mass is 10.1. The Hall–Kier alpha value is -2.05. The molecule has 1 fully saturated rings. The van der Waals surface area contributed by atoms with E-state index in [1.54, 1.807) is 0 Å². The average molecular weight is 301 g/mol. The summed E-state index contributed by atoms with van der Waals surface area (Å²) in [5, 5.41) is 28.7. The molecule has 8 N–H and O–H groups in total. The van der Waals surface area contributed by atoms with Crippen molar-refractivity contribution < 1.29 is 20.1 Å². The minimum atomic E-state index is -1.33. The van der Waals surface area contributed by atoms with Gasteiger partial charge in [0.1, 0.15) is 24.0 Å². The molecule has 0 bridgehead atoms. The fourth-order valence-electron chi connectivity index (χ4n) is 2.25. The number of H-pyrrole nitrogens is 2. The van der Waals surface area contributed by atoms with Gasteiger partial charge in [-0.1, -0.05) is 0 Å². The molecule has 0 aliphatic carbocycles. The molecule has 0 spiro atoms. The number of rotatable bonds is 2. The quantitative estimate of drug-likeness (QED) is 0.342. The van der Waals surface area contributed by atoms with E-state index in [-0.39, 0.29) is 17.3 Å². The topological polar surface area (TPSA) is 188 Å². The molecular formula is C10H15N5O6. The van der Waals surface area contributed by atoms with Crippen molar-refractivity contribution in [3.8, 4) is 0 Å². The molecule has 11 heteroatoms. The van der Waals surface area contributed by atoms with Gasteiger partial charge in [0.05, 0.1) is 12.9 Å². The van der Waals surface area contributed by atoms with Crippen molar-refractivity contribution in [1.82, 2.24) is 25.7 Å². The second-order valence-electron chi connectivity index (χ2n) is 4.49. The van der Waals surface area contributed by atoms with Gasteiger partial charge in [0.15, 0.2) is 11.7 Å². The molecule has 0 unspecified atom stereocenters. The van der Waals surface area contributed by atoms with Crippen molar-refractivity contribution in [1.29, 1.82) is 0 Å². The fraction of sp³-hybridized carbons (Fsp3) is 0.500. The van der Waals surface area contributed by atoms with Gasteiger partial charge in [0.2, 0.25) is 0 Å². The van der Waals surface area contributed by atoms with E-state index in [1.165, 1.54) is 10.9 Å². The molecule has 3 heterocycles. The van der Waals surface area contributed by atoms with E-state index in [4.69, 9.17) is 9.84 Å². The van der Waals surface area contributed by atoms with Gasteiger partial charge in [-0.2, -0.15) is 0 Å². The highest BCUT2D eigenvalue weighted by Gasteiger charge is 2.43. The predicted molar refractivity (Wildman–Crippen MR) is 69.0 cm³/mol. The largest absolute Gasteiger partial charge is 0.394 e. The SMILES string of the molecule is N.O=c1[nH]c(=O)c2ncn([C@@H]3O[C@H](CO)[C@@H](O)[C@H]3O)c2[nH]1. The van der Waals surface area contributed by atoms with Crippen molar-refractivity contribution in [2.75, 3.05) is 6.61 Å². The summed E-state index contributed by atoms with van der Waals surface area (Å²) in [6.07, 6.45) is -3.43. The van der Waals surface area contributed by atoms with Crippen molar-refractivity contribution >= 4 is 11.2 Å². The summed E-state index contributed by atoms with van der Waals surface area (Å²) in [5.74, 6) is 0. The van der Waals surface area contributed by atoms with E-state index in [1.807, 2.05) is 4.98 Å². The molecule has 21 heavy (non-hydrogen) atoms. The number of hydrogen-bond donors (Lipinski definition) is 6. The number of hydrogen-bond acceptors (Lipinski definition) is 8. The summed E-state index contributed by atoms with van der Waals surface area (Å²) >= 11 is 0. The zero-order valence-electron chi connectivity index (χ0n) is 10.8. The second-order valence-corrected chi connectivity index (χ2v) is 4.49. The molecule has 1 saturated heterocycles. The lowest BCUT2D eigenvalue weighted by Gasteiger charge is -2.16. The normalized spacial score (nSPS) is 28.7. The summed E-state index contributed by atoms with van der Waals surface area (Å²) in [4.78, 5) is 31.1. The third-order valence-corrected chi connectivity index (χ3v) is 3.26. The zero-order valence-corrected chi connectivity index (χ0v) is 10.8. The molecule has 0 radical (unpaired) electrons. The highest BCUT2D eigenvalue weighted by atomic mass is 16.6. The number of aromatic nitrogens is 4. The highest BCUT2D eigenvalue weighted by molar-refractivity contribution is 5.68. The number of ether oxygens (including phenoxy) is 1. The smallest absolute Gasteiger partial charge is 0.327 e. The Labute approximate surface area is 116 Å². The predicted octanol–water partition coefficient (Wildman–Crippen LogP) is -2.81. The number of aliphatic hydroxyl groups excluding tert-OH is 3. The number of nitrogens with zero attached hydrogens (tertiary/aromatic N) is 2. The molecule has 2 aromatic rings.